The number of carbonyl (C=O) groups excluding carboxylic acids is 1. The van der Waals surface area contributed by atoms with Gasteiger partial charge in [-0.15, -0.1) is 0 Å². The van der Waals surface area contributed by atoms with Crippen LogP contribution in [0.4, 0.5) is 10.5 Å². The Bertz CT molecular complexity index is 812. The van der Waals surface area contributed by atoms with Gasteiger partial charge in [0.05, 0.1) is 11.6 Å². The lowest BCUT2D eigenvalue weighted by atomic mass is 9.98. The fraction of sp³-hybridized carbons (Fsp3) is 0.524. The molecule has 2 aliphatic rings. The number of likely N-dealkylation sites (tertiary alicyclic amines) is 1. The van der Waals surface area contributed by atoms with E-state index in [9.17, 15) is 10.1 Å². The van der Waals surface area contributed by atoms with Crippen molar-refractivity contribution < 1.29 is 9.53 Å². The number of carbonyl (C=O) groups is 1. The maximum absolute atomic E-state index is 12.3. The second-order valence-electron chi connectivity index (χ2n) is 8.26. The molecule has 1 N–H and O–H groups in total. The molecule has 1 aromatic rings. The van der Waals surface area contributed by atoms with Crippen LogP contribution >= 0.6 is 0 Å². The molecular weight excluding hydrogens is 326 g/mol. The summed E-state index contributed by atoms with van der Waals surface area (Å²) in [5.41, 5.74) is 6.18. The van der Waals surface area contributed by atoms with Gasteiger partial charge in [0.15, 0.2) is 0 Å². The number of ether oxygens (including phenoxy) is 1. The van der Waals surface area contributed by atoms with Gasteiger partial charge in [-0.1, -0.05) is 5.57 Å². The fourth-order valence-corrected chi connectivity index (χ4v) is 3.69. The van der Waals surface area contributed by atoms with Crippen LogP contribution in [0.25, 0.3) is 5.57 Å². The van der Waals surface area contributed by atoms with Crippen molar-refractivity contribution in [3.05, 3.63) is 34.4 Å². The van der Waals surface area contributed by atoms with E-state index in [-0.39, 0.29) is 12.1 Å². The predicted molar refractivity (Wildman–Crippen MR) is 103 cm³/mol. The molecule has 1 saturated heterocycles. The highest BCUT2D eigenvalue weighted by Gasteiger charge is 2.31. The van der Waals surface area contributed by atoms with E-state index in [1.54, 1.807) is 4.90 Å². The summed E-state index contributed by atoms with van der Waals surface area (Å²) < 4.78 is 5.47. The minimum absolute atomic E-state index is 0.188. The van der Waals surface area contributed by atoms with Crippen LogP contribution < -0.4 is 5.32 Å². The van der Waals surface area contributed by atoms with Crippen LogP contribution in [-0.4, -0.2) is 35.7 Å². The number of fused-ring (bicyclic) bond motifs is 1. The number of hydrogen-bond acceptors (Lipinski definition) is 4. The van der Waals surface area contributed by atoms with E-state index < -0.39 is 5.60 Å². The SMILES string of the molecule is CC1=C(C)c2c(N[C@H]3CCN(C(=O)OC(C)(C)C)C3)ccc(C#N)c2C1. The molecule has 1 heterocycles. The molecule has 26 heavy (non-hydrogen) atoms. The maximum atomic E-state index is 12.3. The van der Waals surface area contributed by atoms with E-state index >= 15 is 0 Å². The van der Waals surface area contributed by atoms with Crippen LogP contribution in [0.5, 0.6) is 0 Å². The molecule has 3 rings (SSSR count). The Morgan fingerprint density at radius 1 is 1.35 bits per heavy atom. The van der Waals surface area contributed by atoms with Crippen molar-refractivity contribution in [1.29, 1.82) is 5.26 Å². The normalized spacial score (nSPS) is 19.4. The zero-order valence-corrected chi connectivity index (χ0v) is 16.3. The van der Waals surface area contributed by atoms with E-state index in [4.69, 9.17) is 4.74 Å². The molecule has 1 aliphatic heterocycles. The molecule has 5 heteroatoms. The zero-order chi connectivity index (χ0) is 19.1. The Kier molecular flexibility index (Phi) is 4.70. The third-order valence-electron chi connectivity index (χ3n) is 5.09. The molecule has 0 unspecified atom stereocenters. The van der Waals surface area contributed by atoms with Gasteiger partial charge in [-0.25, -0.2) is 4.79 Å². The minimum atomic E-state index is -0.476. The third kappa shape index (κ3) is 3.55. The Morgan fingerprint density at radius 3 is 2.73 bits per heavy atom. The van der Waals surface area contributed by atoms with Gasteiger partial charge < -0.3 is 15.0 Å². The zero-order valence-electron chi connectivity index (χ0n) is 16.3. The second-order valence-corrected chi connectivity index (χ2v) is 8.26. The number of rotatable bonds is 2. The van der Waals surface area contributed by atoms with Crippen molar-refractivity contribution in [2.24, 2.45) is 0 Å². The average Bonchev–Trinajstić information content (AvgIpc) is 3.12. The van der Waals surface area contributed by atoms with E-state index in [1.807, 2.05) is 32.9 Å². The standard InChI is InChI=1S/C21H27N3O2/c1-13-10-17-15(11-22)6-7-18(19(17)14(13)2)23-16-8-9-24(12-16)20(25)26-21(3,4)5/h6-7,16,23H,8-10,12H2,1-5H3/t16-/m0/s1. The fourth-order valence-electron chi connectivity index (χ4n) is 3.69. The quantitative estimate of drug-likeness (QED) is 0.859. The van der Waals surface area contributed by atoms with Crippen LogP contribution in [0.2, 0.25) is 0 Å². The van der Waals surface area contributed by atoms with Gasteiger partial charge in [-0.2, -0.15) is 5.26 Å². The number of nitriles is 1. The van der Waals surface area contributed by atoms with Crippen molar-refractivity contribution in [1.82, 2.24) is 4.90 Å². The van der Waals surface area contributed by atoms with Crippen molar-refractivity contribution in [3.8, 4) is 6.07 Å². The monoisotopic (exact) mass is 353 g/mol. The van der Waals surface area contributed by atoms with E-state index in [0.717, 1.165) is 35.2 Å². The Balaban J connectivity index is 1.75. The first-order valence-corrected chi connectivity index (χ1v) is 9.17. The molecule has 1 aliphatic carbocycles. The van der Waals surface area contributed by atoms with E-state index in [2.05, 4.69) is 25.2 Å². The summed E-state index contributed by atoms with van der Waals surface area (Å²) >= 11 is 0. The van der Waals surface area contributed by atoms with Crippen LogP contribution in [0.3, 0.4) is 0 Å². The number of anilines is 1. The number of nitrogens with zero attached hydrogens (tertiary/aromatic N) is 2. The topological polar surface area (TPSA) is 65.4 Å². The maximum Gasteiger partial charge on any atom is 0.410 e. The number of nitrogens with one attached hydrogen (secondary N) is 1. The summed E-state index contributed by atoms with van der Waals surface area (Å²) in [6.45, 7) is 11.2. The van der Waals surface area contributed by atoms with Crippen molar-refractivity contribution in [2.75, 3.05) is 18.4 Å². The van der Waals surface area contributed by atoms with Gasteiger partial charge in [-0.05, 0) is 70.7 Å². The summed E-state index contributed by atoms with van der Waals surface area (Å²) in [5, 5.41) is 13.0. The van der Waals surface area contributed by atoms with Crippen molar-refractivity contribution >= 4 is 17.4 Å². The van der Waals surface area contributed by atoms with Crippen molar-refractivity contribution in [2.45, 2.75) is 59.1 Å². The molecule has 0 spiro atoms. The van der Waals surface area contributed by atoms with E-state index in [0.29, 0.717) is 13.1 Å². The molecule has 138 valence electrons. The van der Waals surface area contributed by atoms with Crippen LogP contribution in [0.1, 0.15) is 57.7 Å². The summed E-state index contributed by atoms with van der Waals surface area (Å²) in [6, 6.07) is 6.39. The average molecular weight is 353 g/mol. The van der Waals surface area contributed by atoms with Gasteiger partial charge in [0.1, 0.15) is 5.60 Å². The summed E-state index contributed by atoms with van der Waals surface area (Å²) in [7, 11) is 0. The lowest BCUT2D eigenvalue weighted by Crippen LogP contribution is -2.36. The minimum Gasteiger partial charge on any atom is -0.444 e. The second kappa shape index (κ2) is 6.68. The molecule has 1 aromatic carbocycles. The molecule has 0 aromatic heterocycles. The number of benzene rings is 1. The van der Waals surface area contributed by atoms with Gasteiger partial charge in [0.2, 0.25) is 0 Å². The van der Waals surface area contributed by atoms with Gasteiger partial charge in [0.25, 0.3) is 0 Å². The largest absolute Gasteiger partial charge is 0.444 e. The van der Waals surface area contributed by atoms with Crippen molar-refractivity contribution in [3.63, 3.8) is 0 Å². The van der Waals surface area contributed by atoms with Gasteiger partial charge in [-0.3, -0.25) is 0 Å². The first-order valence-electron chi connectivity index (χ1n) is 9.17. The summed E-state index contributed by atoms with van der Waals surface area (Å²) in [4.78, 5) is 14.0. The third-order valence-corrected chi connectivity index (χ3v) is 5.09. The molecule has 1 fully saturated rings. The number of allylic oxidation sites excluding steroid dienone is 2. The van der Waals surface area contributed by atoms with E-state index in [1.165, 1.54) is 11.1 Å². The summed E-state index contributed by atoms with van der Waals surface area (Å²) in [5.74, 6) is 0. The molecule has 0 radical (unpaired) electrons. The Labute approximate surface area is 155 Å². The van der Waals surface area contributed by atoms with Crippen LogP contribution in [0.15, 0.2) is 17.7 Å². The molecule has 0 saturated carbocycles. The van der Waals surface area contributed by atoms with Crippen LogP contribution in [-0.2, 0) is 11.2 Å². The Morgan fingerprint density at radius 2 is 2.08 bits per heavy atom. The lowest BCUT2D eigenvalue weighted by molar-refractivity contribution is 0.0293. The van der Waals surface area contributed by atoms with Crippen LogP contribution in [0, 0.1) is 11.3 Å². The molecule has 1 atom stereocenters. The van der Waals surface area contributed by atoms with Gasteiger partial charge >= 0.3 is 6.09 Å². The highest BCUT2D eigenvalue weighted by atomic mass is 16.6. The lowest BCUT2D eigenvalue weighted by Gasteiger charge is -2.24. The van der Waals surface area contributed by atoms with Gasteiger partial charge in [0, 0.05) is 30.4 Å². The molecule has 1 amide bonds. The first-order chi connectivity index (χ1) is 12.2. The number of hydrogen-bond donors (Lipinski definition) is 1. The molecule has 5 nitrogen and oxygen atoms in total. The Hall–Kier alpha value is -2.48. The highest BCUT2D eigenvalue weighted by Crippen LogP contribution is 2.39. The number of amides is 1. The smallest absolute Gasteiger partial charge is 0.410 e. The first kappa shape index (κ1) is 18.3. The highest BCUT2D eigenvalue weighted by molar-refractivity contribution is 5.85. The summed E-state index contributed by atoms with van der Waals surface area (Å²) in [6.07, 6.45) is 1.48. The predicted octanol–water partition coefficient (Wildman–Crippen LogP) is 4.33. The molecular formula is C21H27N3O2. The molecule has 0 bridgehead atoms.